The lowest BCUT2D eigenvalue weighted by Crippen LogP contribution is -2.50. The number of rotatable bonds is 6. The van der Waals surface area contributed by atoms with E-state index in [4.69, 9.17) is 21.1 Å². The van der Waals surface area contributed by atoms with E-state index >= 15 is 0 Å². The first-order valence-corrected chi connectivity index (χ1v) is 12.6. The van der Waals surface area contributed by atoms with Gasteiger partial charge in [-0.1, -0.05) is 11.6 Å². The summed E-state index contributed by atoms with van der Waals surface area (Å²) in [4.78, 5) is 64.9. The van der Waals surface area contributed by atoms with Crippen molar-refractivity contribution in [1.82, 2.24) is 15.1 Å². The van der Waals surface area contributed by atoms with Crippen LogP contribution in [0.4, 0.5) is 22.8 Å². The third-order valence-electron chi connectivity index (χ3n) is 6.96. The van der Waals surface area contributed by atoms with Crippen LogP contribution >= 0.6 is 11.6 Å². The van der Waals surface area contributed by atoms with Gasteiger partial charge in [-0.2, -0.15) is 18.1 Å². The van der Waals surface area contributed by atoms with E-state index in [1.54, 1.807) is 20.8 Å². The number of halogens is 4. The Hall–Kier alpha value is -3.35. The van der Waals surface area contributed by atoms with E-state index < -0.39 is 64.4 Å². The van der Waals surface area contributed by atoms with Gasteiger partial charge in [0.25, 0.3) is 5.91 Å². The number of urea groups is 1. The van der Waals surface area contributed by atoms with Crippen LogP contribution in [-0.4, -0.2) is 52.0 Å². The molecule has 0 bridgehead atoms. The zero-order valence-corrected chi connectivity index (χ0v) is 22.2. The van der Waals surface area contributed by atoms with Crippen molar-refractivity contribution >= 4 is 41.5 Å². The number of amides is 5. The molecule has 1 saturated carbocycles. The maximum Gasteiger partial charge on any atom is 0.427 e. The van der Waals surface area contributed by atoms with Crippen LogP contribution in [0.1, 0.15) is 63.1 Å². The monoisotopic (exact) mass is 573 g/mol. The molecule has 1 unspecified atom stereocenters. The molecule has 1 N–H and O–H groups in total. The SMILES string of the molecule is CC(C)(C)C(=O)OCOC(=O)N1C(=O)NC(CCC(=O)N2Cc3cc(Cl)c(C(F)(F)F)cc3C2)(C2CC2)C1=O. The molecule has 1 saturated heterocycles. The van der Waals surface area contributed by atoms with Crippen LogP contribution in [0, 0.1) is 11.3 Å². The van der Waals surface area contributed by atoms with E-state index in [0.29, 0.717) is 28.9 Å². The molecule has 1 aromatic rings. The molecular formula is C25H27ClF3N3O7. The van der Waals surface area contributed by atoms with Gasteiger partial charge in [0, 0.05) is 19.5 Å². The number of hydrogen-bond acceptors (Lipinski definition) is 7. The molecule has 10 nitrogen and oxygen atoms in total. The highest BCUT2D eigenvalue weighted by Gasteiger charge is 2.61. The second-order valence-electron chi connectivity index (χ2n) is 10.9. The summed E-state index contributed by atoms with van der Waals surface area (Å²) in [5, 5.41) is 2.09. The van der Waals surface area contributed by atoms with Crippen molar-refractivity contribution in [2.24, 2.45) is 11.3 Å². The minimum atomic E-state index is -4.64. The Kier molecular flexibility index (Phi) is 7.34. The van der Waals surface area contributed by atoms with E-state index in [-0.39, 0.29) is 31.8 Å². The number of hydrogen-bond donors (Lipinski definition) is 1. The molecule has 2 heterocycles. The summed E-state index contributed by atoms with van der Waals surface area (Å²) in [5.41, 5.74) is -2.53. The fourth-order valence-corrected chi connectivity index (χ4v) is 4.97. The third-order valence-corrected chi connectivity index (χ3v) is 7.28. The summed E-state index contributed by atoms with van der Waals surface area (Å²) in [6.07, 6.45) is -5.11. The highest BCUT2D eigenvalue weighted by Crippen LogP contribution is 2.46. The number of carbonyl (C=O) groups is 5. The molecule has 212 valence electrons. The molecule has 2 fully saturated rings. The van der Waals surface area contributed by atoms with Crippen molar-refractivity contribution in [3.8, 4) is 0 Å². The van der Waals surface area contributed by atoms with E-state index in [1.807, 2.05) is 0 Å². The summed E-state index contributed by atoms with van der Waals surface area (Å²) in [6, 6.07) is 1.11. The lowest BCUT2D eigenvalue weighted by Gasteiger charge is -2.27. The zero-order valence-electron chi connectivity index (χ0n) is 21.4. The maximum atomic E-state index is 13.3. The largest absolute Gasteiger partial charge is 0.427 e. The number of alkyl halides is 3. The molecule has 39 heavy (non-hydrogen) atoms. The van der Waals surface area contributed by atoms with E-state index in [1.165, 1.54) is 11.0 Å². The standard InChI is InChI=1S/C25H27ClF3N3O7/c1-23(2,3)20(35)38-12-39-22(37)32-19(34)24(15-4-5-15,30-21(32)36)7-6-18(33)31-10-13-8-16(25(27,28)29)17(26)9-14(13)11-31/h8-9,15H,4-7,10-12H2,1-3H3,(H,30,36). The summed E-state index contributed by atoms with van der Waals surface area (Å²) < 4.78 is 49.3. The van der Waals surface area contributed by atoms with Gasteiger partial charge in [0.05, 0.1) is 16.0 Å². The normalized spacial score (nSPS) is 21.1. The first-order chi connectivity index (χ1) is 18.0. The van der Waals surface area contributed by atoms with Gasteiger partial charge in [0.15, 0.2) is 0 Å². The highest BCUT2D eigenvalue weighted by atomic mass is 35.5. The number of esters is 1. The number of ether oxygens (including phenoxy) is 2. The second-order valence-corrected chi connectivity index (χ2v) is 11.3. The Morgan fingerprint density at radius 2 is 1.69 bits per heavy atom. The summed E-state index contributed by atoms with van der Waals surface area (Å²) in [6.45, 7) is 3.97. The molecule has 1 aromatic carbocycles. The van der Waals surface area contributed by atoms with Crippen molar-refractivity contribution < 1.29 is 46.6 Å². The maximum absolute atomic E-state index is 13.3. The van der Waals surface area contributed by atoms with Gasteiger partial charge in [0.1, 0.15) is 5.54 Å². The Bertz CT molecular complexity index is 1240. The first-order valence-electron chi connectivity index (χ1n) is 12.2. The van der Waals surface area contributed by atoms with Crippen LogP contribution in [0.5, 0.6) is 0 Å². The average molecular weight is 574 g/mol. The summed E-state index contributed by atoms with van der Waals surface area (Å²) in [5.74, 6) is -2.27. The smallest absolute Gasteiger partial charge is 0.427 e. The van der Waals surface area contributed by atoms with Crippen LogP contribution in [0.15, 0.2) is 12.1 Å². The molecule has 14 heteroatoms. The second kappa shape index (κ2) is 10.00. The lowest BCUT2D eigenvalue weighted by molar-refractivity contribution is -0.161. The van der Waals surface area contributed by atoms with Crippen LogP contribution in [0.2, 0.25) is 5.02 Å². The molecule has 1 aliphatic carbocycles. The van der Waals surface area contributed by atoms with Crippen molar-refractivity contribution in [3.63, 3.8) is 0 Å². The molecule has 0 spiro atoms. The molecule has 2 aliphatic heterocycles. The predicted octanol–water partition coefficient (Wildman–Crippen LogP) is 4.37. The van der Waals surface area contributed by atoms with E-state index in [9.17, 15) is 37.1 Å². The molecule has 0 radical (unpaired) electrons. The van der Waals surface area contributed by atoms with Gasteiger partial charge in [0.2, 0.25) is 12.7 Å². The minimum absolute atomic E-state index is 0.0501. The van der Waals surface area contributed by atoms with Crippen molar-refractivity contribution in [2.75, 3.05) is 6.79 Å². The predicted molar refractivity (Wildman–Crippen MR) is 128 cm³/mol. The van der Waals surface area contributed by atoms with Crippen molar-refractivity contribution in [2.45, 2.75) is 71.3 Å². The Labute approximate surface area is 226 Å². The average Bonchev–Trinajstić information content (AvgIpc) is 3.54. The number of nitrogens with zero attached hydrogens (tertiary/aromatic N) is 2. The molecule has 4 rings (SSSR count). The van der Waals surface area contributed by atoms with Crippen molar-refractivity contribution in [1.29, 1.82) is 0 Å². The summed E-state index contributed by atoms with van der Waals surface area (Å²) >= 11 is 5.80. The molecule has 5 amide bonds. The molecule has 0 aromatic heterocycles. The van der Waals surface area contributed by atoms with Crippen molar-refractivity contribution in [3.05, 3.63) is 33.8 Å². The number of nitrogens with one attached hydrogen (secondary N) is 1. The Morgan fingerprint density at radius 3 is 2.26 bits per heavy atom. The van der Waals surface area contributed by atoms with Crippen LogP contribution < -0.4 is 5.32 Å². The van der Waals surface area contributed by atoms with Gasteiger partial charge in [-0.05, 0) is 69.2 Å². The van der Waals surface area contributed by atoms with E-state index in [2.05, 4.69) is 5.32 Å². The molecule has 1 atom stereocenters. The fraction of sp³-hybridized carbons (Fsp3) is 0.560. The van der Waals surface area contributed by atoms with Crippen LogP contribution in [-0.2, 0) is 43.1 Å². The number of carbonyl (C=O) groups excluding carboxylic acids is 5. The number of benzene rings is 1. The first kappa shape index (κ1) is 28.7. The highest BCUT2D eigenvalue weighted by molar-refractivity contribution is 6.31. The van der Waals surface area contributed by atoms with E-state index in [0.717, 1.165) is 6.07 Å². The van der Waals surface area contributed by atoms with Crippen LogP contribution in [0.25, 0.3) is 0 Å². The quantitative estimate of drug-likeness (QED) is 0.305. The minimum Gasteiger partial charge on any atom is -0.427 e. The number of imide groups is 3. The topological polar surface area (TPSA) is 122 Å². The Morgan fingerprint density at radius 1 is 1.08 bits per heavy atom. The third kappa shape index (κ3) is 5.68. The van der Waals surface area contributed by atoms with Gasteiger partial charge >= 0.3 is 24.3 Å². The molecule has 3 aliphatic rings. The summed E-state index contributed by atoms with van der Waals surface area (Å²) in [7, 11) is 0. The van der Waals surface area contributed by atoms with Gasteiger partial charge in [-0.3, -0.25) is 14.4 Å². The van der Waals surface area contributed by atoms with Gasteiger partial charge < -0.3 is 19.7 Å². The lowest BCUT2D eigenvalue weighted by atomic mass is 9.87. The fourth-order valence-electron chi connectivity index (χ4n) is 4.68. The Balaban J connectivity index is 1.39. The molecular weight excluding hydrogens is 547 g/mol. The van der Waals surface area contributed by atoms with Gasteiger partial charge in [-0.25, -0.2) is 9.59 Å². The van der Waals surface area contributed by atoms with Gasteiger partial charge in [-0.15, -0.1) is 0 Å². The number of fused-ring (bicyclic) bond motifs is 1. The zero-order chi connectivity index (χ0) is 28.9. The van der Waals surface area contributed by atoms with Crippen LogP contribution in [0.3, 0.4) is 0 Å².